The van der Waals surface area contributed by atoms with Crippen molar-refractivity contribution in [1.82, 2.24) is 34.4 Å². The van der Waals surface area contributed by atoms with E-state index >= 15 is 0 Å². The second kappa shape index (κ2) is 11.4. The van der Waals surface area contributed by atoms with Crippen LogP contribution >= 0.6 is 0 Å². The lowest BCUT2D eigenvalue weighted by atomic mass is 10.0. The van der Waals surface area contributed by atoms with Crippen LogP contribution in [0.5, 0.6) is 0 Å². The highest BCUT2D eigenvalue weighted by atomic mass is 15.1. The van der Waals surface area contributed by atoms with E-state index in [1.54, 1.807) is 0 Å². The minimum Gasteiger partial charge on any atom is -0.387 e. The molecule has 236 valence electrons. The number of hydrogen-bond acceptors (Lipinski definition) is 5. The van der Waals surface area contributed by atoms with Gasteiger partial charge in [-0.2, -0.15) is 0 Å². The van der Waals surface area contributed by atoms with E-state index in [0.717, 1.165) is 79.5 Å². The SMILES string of the molecule is C1=Cc2c(c3ccccc3n2-c2ccc(-c3cc(-c4ccc(-n5c6ccccc6c6cnccc65)cc4)cc(-c4ccccn4)n3)cn2)CN1. The van der Waals surface area contributed by atoms with Crippen molar-refractivity contribution in [3.05, 3.63) is 164 Å². The van der Waals surface area contributed by atoms with Crippen LogP contribution in [0.4, 0.5) is 0 Å². The molecule has 0 spiro atoms. The second-order valence-electron chi connectivity index (χ2n) is 12.5. The van der Waals surface area contributed by atoms with Gasteiger partial charge in [0.2, 0.25) is 0 Å². The average Bonchev–Trinajstić information content (AvgIpc) is 3.71. The molecule has 0 unspecified atom stereocenters. The van der Waals surface area contributed by atoms with Crippen molar-refractivity contribution in [3.63, 3.8) is 0 Å². The summed E-state index contributed by atoms with van der Waals surface area (Å²) < 4.78 is 4.54. The van der Waals surface area contributed by atoms with E-state index in [2.05, 4.69) is 134 Å². The summed E-state index contributed by atoms with van der Waals surface area (Å²) in [5, 5.41) is 6.93. The average molecular weight is 644 g/mol. The predicted octanol–water partition coefficient (Wildman–Crippen LogP) is 9.38. The van der Waals surface area contributed by atoms with E-state index in [0.29, 0.717) is 0 Å². The standard InChI is InChI=1S/C43H29N7/c1-3-10-39-32(7-1)34-26-44-21-18-41(34)49(39)31-15-12-28(13-16-31)30-23-37(48-38(24-30)36-9-5-6-20-46-36)29-14-17-43(47-25-29)50-40-11-4-2-8-33(40)35-27-45-22-19-42(35)50/h1-26,45H,27H2. The zero-order valence-corrected chi connectivity index (χ0v) is 26.9. The fraction of sp³-hybridized carbons (Fsp3) is 0.0233. The number of rotatable bonds is 5. The van der Waals surface area contributed by atoms with Crippen LogP contribution in [0.15, 0.2) is 152 Å². The third-order valence-corrected chi connectivity index (χ3v) is 9.62. The smallest absolute Gasteiger partial charge is 0.137 e. The van der Waals surface area contributed by atoms with Gasteiger partial charge >= 0.3 is 0 Å². The Bertz CT molecular complexity index is 2690. The van der Waals surface area contributed by atoms with E-state index < -0.39 is 0 Å². The van der Waals surface area contributed by atoms with Crippen LogP contribution in [0.3, 0.4) is 0 Å². The van der Waals surface area contributed by atoms with Gasteiger partial charge in [-0.1, -0.05) is 54.6 Å². The van der Waals surface area contributed by atoms with Crippen molar-refractivity contribution in [2.24, 2.45) is 0 Å². The lowest BCUT2D eigenvalue weighted by Crippen LogP contribution is -2.11. The van der Waals surface area contributed by atoms with Crippen LogP contribution in [0.25, 0.3) is 84.1 Å². The molecule has 0 radical (unpaired) electrons. The molecule has 0 amide bonds. The van der Waals surface area contributed by atoms with Crippen LogP contribution in [0, 0.1) is 0 Å². The Labute approximate surface area is 287 Å². The quantitative estimate of drug-likeness (QED) is 0.202. The summed E-state index contributed by atoms with van der Waals surface area (Å²) in [4.78, 5) is 19.1. The maximum Gasteiger partial charge on any atom is 0.137 e. The Kier molecular flexibility index (Phi) is 6.42. The van der Waals surface area contributed by atoms with Gasteiger partial charge in [0.25, 0.3) is 0 Å². The molecule has 7 heterocycles. The van der Waals surface area contributed by atoms with Gasteiger partial charge in [0, 0.05) is 64.3 Å². The molecule has 0 saturated heterocycles. The van der Waals surface area contributed by atoms with E-state index in [1.807, 2.05) is 49.2 Å². The van der Waals surface area contributed by atoms with Crippen LogP contribution in [-0.4, -0.2) is 29.1 Å². The molecule has 50 heavy (non-hydrogen) atoms. The molecule has 0 aliphatic carbocycles. The molecule has 9 aromatic rings. The molecule has 7 heteroatoms. The summed E-state index contributed by atoms with van der Waals surface area (Å²) in [5.41, 5.74) is 12.5. The number of pyridine rings is 4. The zero-order valence-electron chi connectivity index (χ0n) is 26.9. The summed E-state index contributed by atoms with van der Waals surface area (Å²) in [6.45, 7) is 0.793. The summed E-state index contributed by atoms with van der Waals surface area (Å²) >= 11 is 0. The van der Waals surface area contributed by atoms with Crippen LogP contribution in [0.1, 0.15) is 11.3 Å². The molecular weight excluding hydrogens is 615 g/mol. The lowest BCUT2D eigenvalue weighted by Gasteiger charge is -2.13. The monoisotopic (exact) mass is 643 g/mol. The fourth-order valence-electron chi connectivity index (χ4n) is 7.29. The Balaban J connectivity index is 1.07. The Morgan fingerprint density at radius 1 is 0.540 bits per heavy atom. The highest BCUT2D eigenvalue weighted by molar-refractivity contribution is 6.08. The number of aromatic nitrogens is 6. The lowest BCUT2D eigenvalue weighted by molar-refractivity contribution is 0.852. The largest absolute Gasteiger partial charge is 0.387 e. The Morgan fingerprint density at radius 2 is 1.30 bits per heavy atom. The van der Waals surface area contributed by atoms with Crippen molar-refractivity contribution in [1.29, 1.82) is 0 Å². The summed E-state index contributed by atoms with van der Waals surface area (Å²) in [6.07, 6.45) is 11.7. The number of nitrogens with zero attached hydrogens (tertiary/aromatic N) is 6. The van der Waals surface area contributed by atoms with Gasteiger partial charge in [-0.25, -0.2) is 9.97 Å². The summed E-state index contributed by atoms with van der Waals surface area (Å²) in [7, 11) is 0. The zero-order chi connectivity index (χ0) is 33.0. The highest BCUT2D eigenvalue weighted by Crippen LogP contribution is 2.35. The minimum absolute atomic E-state index is 0.793. The third-order valence-electron chi connectivity index (χ3n) is 9.62. The van der Waals surface area contributed by atoms with Crippen LogP contribution in [0.2, 0.25) is 0 Å². The van der Waals surface area contributed by atoms with Crippen molar-refractivity contribution in [2.75, 3.05) is 0 Å². The van der Waals surface area contributed by atoms with Crippen molar-refractivity contribution in [3.8, 4) is 45.3 Å². The maximum absolute atomic E-state index is 5.10. The van der Waals surface area contributed by atoms with Crippen molar-refractivity contribution >= 4 is 38.8 Å². The second-order valence-corrected chi connectivity index (χ2v) is 12.5. The van der Waals surface area contributed by atoms with E-state index in [9.17, 15) is 0 Å². The van der Waals surface area contributed by atoms with Gasteiger partial charge in [-0.05, 0) is 90.1 Å². The molecule has 1 aliphatic heterocycles. The number of para-hydroxylation sites is 2. The van der Waals surface area contributed by atoms with Gasteiger partial charge in [-0.3, -0.25) is 14.5 Å². The van der Waals surface area contributed by atoms with Gasteiger partial charge in [0.15, 0.2) is 0 Å². The fourth-order valence-corrected chi connectivity index (χ4v) is 7.29. The Hall–Kier alpha value is -6.86. The molecule has 0 bridgehead atoms. The van der Waals surface area contributed by atoms with Gasteiger partial charge < -0.3 is 9.88 Å². The molecule has 1 N–H and O–H groups in total. The minimum atomic E-state index is 0.793. The molecule has 0 saturated carbocycles. The van der Waals surface area contributed by atoms with E-state index in [1.165, 1.54) is 16.3 Å². The van der Waals surface area contributed by atoms with Gasteiger partial charge in [0.1, 0.15) is 5.82 Å². The molecule has 1 aliphatic rings. The number of nitrogens with one attached hydrogen (secondary N) is 1. The first-order chi connectivity index (χ1) is 24.8. The van der Waals surface area contributed by atoms with Crippen molar-refractivity contribution < 1.29 is 0 Å². The third kappa shape index (κ3) is 4.52. The normalized spacial score (nSPS) is 12.4. The first kappa shape index (κ1) is 28.2. The van der Waals surface area contributed by atoms with Gasteiger partial charge in [0.05, 0.1) is 39.3 Å². The molecule has 6 aromatic heterocycles. The predicted molar refractivity (Wildman–Crippen MR) is 201 cm³/mol. The van der Waals surface area contributed by atoms with E-state index in [4.69, 9.17) is 9.97 Å². The van der Waals surface area contributed by atoms with E-state index in [-0.39, 0.29) is 0 Å². The van der Waals surface area contributed by atoms with Crippen LogP contribution in [-0.2, 0) is 6.54 Å². The molecular formula is C43H29N7. The van der Waals surface area contributed by atoms with Crippen LogP contribution < -0.4 is 5.32 Å². The van der Waals surface area contributed by atoms with Crippen molar-refractivity contribution in [2.45, 2.75) is 6.54 Å². The first-order valence-corrected chi connectivity index (χ1v) is 16.7. The topological polar surface area (TPSA) is 73.5 Å². The molecule has 10 rings (SSSR count). The molecule has 3 aromatic carbocycles. The number of fused-ring (bicyclic) bond motifs is 6. The number of hydrogen-bond donors (Lipinski definition) is 1. The summed E-state index contributed by atoms with van der Waals surface area (Å²) in [5.74, 6) is 0.871. The molecule has 7 nitrogen and oxygen atoms in total. The Morgan fingerprint density at radius 3 is 2.12 bits per heavy atom. The first-order valence-electron chi connectivity index (χ1n) is 16.7. The highest BCUT2D eigenvalue weighted by Gasteiger charge is 2.19. The molecule has 0 atom stereocenters. The number of benzene rings is 3. The van der Waals surface area contributed by atoms with Gasteiger partial charge in [-0.15, -0.1) is 0 Å². The maximum atomic E-state index is 5.10. The molecule has 0 fully saturated rings. The summed E-state index contributed by atoms with van der Waals surface area (Å²) in [6, 6.07) is 42.2.